The maximum Gasteiger partial charge on any atom is 0.216 e. The van der Waals surface area contributed by atoms with E-state index in [4.69, 9.17) is 9.72 Å². The summed E-state index contributed by atoms with van der Waals surface area (Å²) in [6, 6.07) is 6.95. The van der Waals surface area contributed by atoms with Gasteiger partial charge in [-0.15, -0.1) is 0 Å². The molecule has 3 N–H and O–H groups in total. The van der Waals surface area contributed by atoms with Gasteiger partial charge in [0.2, 0.25) is 10.0 Å². The molecule has 4 fully saturated rings. The van der Waals surface area contributed by atoms with E-state index >= 15 is 0 Å². The molecule has 2 saturated carbocycles. The van der Waals surface area contributed by atoms with Gasteiger partial charge in [-0.25, -0.2) is 13.4 Å². The third kappa shape index (κ3) is 8.54. The van der Waals surface area contributed by atoms with Gasteiger partial charge in [0.05, 0.1) is 23.7 Å². The van der Waals surface area contributed by atoms with Crippen LogP contribution in [0.3, 0.4) is 0 Å². The van der Waals surface area contributed by atoms with Crippen LogP contribution in [0.1, 0.15) is 107 Å². The van der Waals surface area contributed by atoms with Gasteiger partial charge in [0.1, 0.15) is 18.3 Å². The molecule has 5 unspecified atom stereocenters. The first-order chi connectivity index (χ1) is 22.3. The van der Waals surface area contributed by atoms with Crippen molar-refractivity contribution in [1.82, 2.24) is 30.2 Å². The molecule has 6 rings (SSSR count). The largest absolute Gasteiger partial charge is 0.362 e. The summed E-state index contributed by atoms with van der Waals surface area (Å²) < 4.78 is 37.7. The standard InChI is InChI=1S/C36H57N7O3S/c1-24-10-7-11-25(2)34(24)31-17-33-40-35(39-31)41-47(44,45)30-15-8-12-26(16-30)21-43(29(23-46-33)18-36(3,4)5)22-27-19-37-20-32(38-27)42(6)28-13-9-14-28/h7,10-11,19-20,26,28-31,33,35,39-41H,8-9,12-18,21-23H2,1-6H3/t26?,29-,30?,31?,33?,35?/m1/s1. The molecular formula is C36H57N7O3S. The molecule has 2 aromatic rings. The number of aryl methyl sites for hydroxylation is 2. The van der Waals surface area contributed by atoms with Gasteiger partial charge >= 0.3 is 0 Å². The molecule has 10 nitrogen and oxygen atoms in total. The first kappa shape index (κ1) is 34.7. The highest BCUT2D eigenvalue weighted by Gasteiger charge is 2.39. The normalized spacial score (nSPS) is 30.8. The lowest BCUT2D eigenvalue weighted by atomic mass is 9.85. The van der Waals surface area contributed by atoms with Crippen LogP contribution in [0.2, 0.25) is 0 Å². The number of fused-ring (bicyclic) bond motifs is 4. The minimum atomic E-state index is -3.59. The zero-order valence-corrected chi connectivity index (χ0v) is 30.2. The second-order valence-electron chi connectivity index (χ2n) is 15.9. The number of nitrogens with one attached hydrogen (secondary N) is 3. The summed E-state index contributed by atoms with van der Waals surface area (Å²) in [6.45, 7) is 13.2. The number of anilines is 1. The second-order valence-corrected chi connectivity index (χ2v) is 17.9. The molecular weight excluding hydrogens is 611 g/mol. The van der Waals surface area contributed by atoms with E-state index in [9.17, 15) is 8.42 Å². The lowest BCUT2D eigenvalue weighted by Crippen LogP contribution is -2.64. The van der Waals surface area contributed by atoms with Crippen LogP contribution in [0.5, 0.6) is 0 Å². The molecule has 4 bridgehead atoms. The average Bonchev–Trinajstić information content (AvgIpc) is 2.97. The molecule has 6 atom stereocenters. The van der Waals surface area contributed by atoms with E-state index in [0.29, 0.717) is 38.5 Å². The quantitative estimate of drug-likeness (QED) is 0.386. The summed E-state index contributed by atoms with van der Waals surface area (Å²) in [6.07, 6.45) is 11.4. The molecule has 0 spiro atoms. The molecule has 47 heavy (non-hydrogen) atoms. The number of ether oxygens (including phenoxy) is 1. The van der Waals surface area contributed by atoms with Crippen molar-refractivity contribution in [2.24, 2.45) is 11.3 Å². The van der Waals surface area contributed by atoms with Crippen molar-refractivity contribution < 1.29 is 13.2 Å². The van der Waals surface area contributed by atoms with E-state index in [0.717, 1.165) is 37.3 Å². The number of aromatic nitrogens is 2. The molecule has 4 aliphatic rings. The molecule has 0 radical (unpaired) electrons. The lowest BCUT2D eigenvalue weighted by Gasteiger charge is -2.41. The van der Waals surface area contributed by atoms with Crippen LogP contribution in [0.25, 0.3) is 0 Å². The van der Waals surface area contributed by atoms with Gasteiger partial charge in [-0.2, -0.15) is 4.72 Å². The predicted octanol–water partition coefficient (Wildman–Crippen LogP) is 5.13. The fourth-order valence-electron chi connectivity index (χ4n) is 8.21. The van der Waals surface area contributed by atoms with E-state index in [1.807, 2.05) is 12.4 Å². The van der Waals surface area contributed by atoms with Crippen LogP contribution in [-0.4, -0.2) is 73.3 Å². The monoisotopic (exact) mass is 667 g/mol. The van der Waals surface area contributed by atoms with E-state index in [2.05, 4.69) is 90.0 Å². The van der Waals surface area contributed by atoms with E-state index in [1.54, 1.807) is 0 Å². The van der Waals surface area contributed by atoms with Crippen LogP contribution in [0, 0.1) is 25.2 Å². The minimum absolute atomic E-state index is 0.0535. The van der Waals surface area contributed by atoms with Crippen molar-refractivity contribution in [3.05, 3.63) is 53.0 Å². The highest BCUT2D eigenvalue weighted by Crippen LogP contribution is 2.34. The Morgan fingerprint density at radius 1 is 1.02 bits per heavy atom. The number of nitrogens with zero attached hydrogens (tertiary/aromatic N) is 4. The molecule has 2 saturated heterocycles. The number of hydrogen-bond acceptors (Lipinski definition) is 9. The van der Waals surface area contributed by atoms with Gasteiger partial charge in [-0.1, -0.05) is 45.4 Å². The molecule has 260 valence electrons. The van der Waals surface area contributed by atoms with E-state index < -0.39 is 21.6 Å². The Morgan fingerprint density at radius 2 is 1.77 bits per heavy atom. The Morgan fingerprint density at radius 3 is 2.47 bits per heavy atom. The Kier molecular flexibility index (Phi) is 10.6. The maximum absolute atomic E-state index is 13.9. The van der Waals surface area contributed by atoms with Crippen molar-refractivity contribution in [1.29, 1.82) is 0 Å². The van der Waals surface area contributed by atoms with Gasteiger partial charge in [0.15, 0.2) is 0 Å². The van der Waals surface area contributed by atoms with Crippen LogP contribution >= 0.6 is 0 Å². The first-order valence-electron chi connectivity index (χ1n) is 17.8. The van der Waals surface area contributed by atoms with E-state index in [-0.39, 0.29) is 29.6 Å². The molecule has 0 amide bonds. The zero-order chi connectivity index (χ0) is 33.3. The van der Waals surface area contributed by atoms with Crippen LogP contribution in [0.4, 0.5) is 5.82 Å². The number of rotatable bonds is 6. The Hall–Kier alpha value is -2.15. The summed E-state index contributed by atoms with van der Waals surface area (Å²) in [5.74, 6) is 1.20. The third-order valence-corrected chi connectivity index (χ3v) is 12.8. The highest BCUT2D eigenvalue weighted by molar-refractivity contribution is 7.90. The fraction of sp³-hybridized carbons (Fsp3) is 0.722. The second kappa shape index (κ2) is 14.4. The van der Waals surface area contributed by atoms with Gasteiger partial charge < -0.3 is 9.64 Å². The summed E-state index contributed by atoms with van der Waals surface area (Å²) in [4.78, 5) is 14.6. The third-order valence-electron chi connectivity index (χ3n) is 10.9. The smallest absolute Gasteiger partial charge is 0.216 e. The zero-order valence-electron chi connectivity index (χ0n) is 29.3. The van der Waals surface area contributed by atoms with Crippen LogP contribution in [0.15, 0.2) is 30.6 Å². The van der Waals surface area contributed by atoms with Crippen molar-refractivity contribution in [2.75, 3.05) is 25.1 Å². The number of benzene rings is 1. The van der Waals surface area contributed by atoms with Gasteiger partial charge in [-0.05, 0) is 86.8 Å². The van der Waals surface area contributed by atoms with E-state index in [1.165, 1.54) is 36.0 Å². The summed E-state index contributed by atoms with van der Waals surface area (Å²) in [5, 5.41) is 6.65. The summed E-state index contributed by atoms with van der Waals surface area (Å²) in [5.41, 5.74) is 4.63. The number of hydrogen-bond donors (Lipinski definition) is 3. The molecule has 1 aromatic carbocycles. The molecule has 2 aliphatic heterocycles. The van der Waals surface area contributed by atoms with Crippen molar-refractivity contribution in [2.45, 2.75) is 135 Å². The topological polar surface area (TPSA) is 112 Å². The molecule has 3 heterocycles. The van der Waals surface area contributed by atoms with Gasteiger partial charge in [0, 0.05) is 50.9 Å². The van der Waals surface area contributed by atoms with Crippen LogP contribution < -0.4 is 20.3 Å². The Balaban J connectivity index is 1.32. The Bertz CT molecular complexity index is 1460. The molecule has 1 aromatic heterocycles. The predicted molar refractivity (Wildman–Crippen MR) is 187 cm³/mol. The van der Waals surface area contributed by atoms with Crippen molar-refractivity contribution in [3.63, 3.8) is 0 Å². The summed E-state index contributed by atoms with van der Waals surface area (Å²) >= 11 is 0. The van der Waals surface area contributed by atoms with Crippen LogP contribution in [-0.2, 0) is 21.3 Å². The van der Waals surface area contributed by atoms with Gasteiger partial charge in [-0.3, -0.25) is 20.5 Å². The minimum Gasteiger partial charge on any atom is -0.362 e. The number of sulfonamides is 1. The highest BCUT2D eigenvalue weighted by atomic mass is 32.2. The van der Waals surface area contributed by atoms with Crippen molar-refractivity contribution in [3.8, 4) is 0 Å². The van der Waals surface area contributed by atoms with Gasteiger partial charge in [0.25, 0.3) is 0 Å². The SMILES string of the molecule is Cc1cccc(C)c1C1CC2NC(N1)NS(=O)(=O)C1CCCC(C1)CN(Cc1cncc(N(C)C3CCC3)n1)[C@H](CC(C)(C)C)CO2. The first-order valence-corrected chi connectivity index (χ1v) is 19.4. The van der Waals surface area contributed by atoms with Crippen molar-refractivity contribution >= 4 is 15.8 Å². The molecule has 2 aliphatic carbocycles. The fourth-order valence-corrected chi connectivity index (χ4v) is 9.87. The Labute approximate surface area is 282 Å². The molecule has 11 heteroatoms. The lowest BCUT2D eigenvalue weighted by molar-refractivity contribution is -0.0517. The summed E-state index contributed by atoms with van der Waals surface area (Å²) in [7, 11) is -1.45. The average molecular weight is 668 g/mol. The maximum atomic E-state index is 13.9.